The van der Waals surface area contributed by atoms with Crippen LogP contribution in [0.2, 0.25) is 0 Å². The second-order valence-corrected chi connectivity index (χ2v) is 6.10. The van der Waals surface area contributed by atoms with Crippen molar-refractivity contribution in [2.24, 2.45) is 0 Å². The first-order chi connectivity index (χ1) is 12.5. The highest BCUT2D eigenvalue weighted by molar-refractivity contribution is 9.10. The lowest BCUT2D eigenvalue weighted by Crippen LogP contribution is -2.34. The fourth-order valence-electron chi connectivity index (χ4n) is 2.33. The monoisotopic (exact) mass is 419 g/mol. The van der Waals surface area contributed by atoms with Crippen molar-refractivity contribution in [1.82, 2.24) is 0 Å². The molecule has 7 nitrogen and oxygen atoms in total. The quantitative estimate of drug-likeness (QED) is 0.667. The van der Waals surface area contributed by atoms with Gasteiger partial charge in [-0.05, 0) is 36.4 Å². The number of nitriles is 1. The number of carbonyl (C=O) groups is 1. The molecule has 0 saturated heterocycles. The van der Waals surface area contributed by atoms with E-state index in [4.69, 9.17) is 19.8 Å². The lowest BCUT2D eigenvalue weighted by atomic mass is 10.0. The highest BCUT2D eigenvalue weighted by Crippen LogP contribution is 2.39. The number of ether oxygens (including phenoxy) is 2. The van der Waals surface area contributed by atoms with Crippen LogP contribution in [0.5, 0.6) is 11.5 Å². The number of carbonyl (C=O) groups excluding carboxylic acids is 1. The zero-order chi connectivity index (χ0) is 19.1. The Morgan fingerprint density at radius 3 is 2.62 bits per heavy atom. The molecule has 1 atom stereocenters. The van der Waals surface area contributed by atoms with Gasteiger partial charge in [0.2, 0.25) is 0 Å². The first kappa shape index (κ1) is 19.6. The minimum Gasteiger partial charge on any atom is -0.548 e. The Morgan fingerprint density at radius 1 is 1.38 bits per heavy atom. The number of hydrogen-bond acceptors (Lipinski definition) is 7. The Kier molecular flexibility index (Phi) is 6.83. The Bertz CT molecular complexity index is 818. The molecule has 136 valence electrons. The summed E-state index contributed by atoms with van der Waals surface area (Å²) in [5.41, 5.74) is 1.22. The first-order valence-electron chi connectivity index (χ1n) is 7.58. The third-order valence-corrected chi connectivity index (χ3v) is 3.94. The second kappa shape index (κ2) is 9.08. The fourth-order valence-corrected chi connectivity index (χ4v) is 2.78. The van der Waals surface area contributed by atoms with E-state index in [1.807, 2.05) is 6.07 Å². The van der Waals surface area contributed by atoms with Crippen molar-refractivity contribution in [2.75, 3.05) is 25.6 Å². The largest absolute Gasteiger partial charge is 0.548 e. The maximum absolute atomic E-state index is 11.8. The number of carboxylic acids is 1. The molecular formula is C18H16BrN2O5-. The van der Waals surface area contributed by atoms with E-state index in [1.165, 1.54) is 7.11 Å². The average Bonchev–Trinajstić information content (AvgIpc) is 2.64. The molecule has 0 spiro atoms. The van der Waals surface area contributed by atoms with E-state index in [9.17, 15) is 9.90 Å². The number of aliphatic carboxylic acids is 1. The molecule has 0 amide bonds. The van der Waals surface area contributed by atoms with Crippen LogP contribution in [-0.2, 0) is 4.79 Å². The Hall–Kier alpha value is -2.76. The van der Waals surface area contributed by atoms with Gasteiger partial charge < -0.3 is 29.8 Å². The third-order valence-electron chi connectivity index (χ3n) is 3.48. The van der Waals surface area contributed by atoms with Crippen LogP contribution >= 0.6 is 15.9 Å². The topological polar surface area (TPSA) is 115 Å². The zero-order valence-electron chi connectivity index (χ0n) is 13.9. The van der Waals surface area contributed by atoms with E-state index in [0.717, 1.165) is 0 Å². The molecule has 2 aromatic carbocycles. The highest BCUT2D eigenvalue weighted by atomic mass is 79.9. The summed E-state index contributed by atoms with van der Waals surface area (Å²) in [6, 6.07) is 10.3. The van der Waals surface area contributed by atoms with Gasteiger partial charge in [0, 0.05) is 15.7 Å². The van der Waals surface area contributed by atoms with Crippen LogP contribution in [0.4, 0.5) is 5.69 Å². The molecule has 0 bridgehead atoms. The number of hydrogen-bond donors (Lipinski definition) is 2. The standard InChI is InChI=1S/C18H17BrN2O5/c1-25-15-9-12(19)8-14(17(15)26-7-6-22)16(18(23)24)21-13-4-2-11(10-20)3-5-13/h2-5,8-9,16,21-22H,6-7H2,1H3,(H,23,24)/p-1. The summed E-state index contributed by atoms with van der Waals surface area (Å²) in [5, 5.41) is 32.5. The minimum atomic E-state index is -1.37. The van der Waals surface area contributed by atoms with Crippen LogP contribution in [-0.4, -0.2) is 31.4 Å². The van der Waals surface area contributed by atoms with Crippen LogP contribution < -0.4 is 19.9 Å². The summed E-state index contributed by atoms with van der Waals surface area (Å²) in [4.78, 5) is 11.8. The number of methoxy groups -OCH3 is 1. The molecule has 8 heteroatoms. The van der Waals surface area contributed by atoms with Crippen molar-refractivity contribution in [3.8, 4) is 17.6 Å². The summed E-state index contributed by atoms with van der Waals surface area (Å²) in [6.07, 6.45) is 0. The maximum atomic E-state index is 11.8. The average molecular weight is 420 g/mol. The molecule has 0 aliphatic heterocycles. The molecule has 0 saturated carbocycles. The Labute approximate surface area is 158 Å². The molecule has 0 aromatic heterocycles. The van der Waals surface area contributed by atoms with E-state index < -0.39 is 12.0 Å². The number of carboxylic acid groups (broad SMARTS) is 1. The molecule has 1 unspecified atom stereocenters. The van der Waals surface area contributed by atoms with Gasteiger partial charge in [-0.1, -0.05) is 15.9 Å². The molecule has 0 fully saturated rings. The van der Waals surface area contributed by atoms with E-state index in [1.54, 1.807) is 36.4 Å². The van der Waals surface area contributed by atoms with Crippen LogP contribution in [0.3, 0.4) is 0 Å². The normalized spacial score (nSPS) is 11.3. The predicted molar refractivity (Wildman–Crippen MR) is 95.8 cm³/mol. The molecule has 2 aromatic rings. The number of nitrogens with one attached hydrogen (secondary N) is 1. The molecule has 26 heavy (non-hydrogen) atoms. The Morgan fingerprint density at radius 2 is 2.08 bits per heavy atom. The van der Waals surface area contributed by atoms with Crippen LogP contribution in [0.25, 0.3) is 0 Å². The summed E-state index contributed by atoms with van der Waals surface area (Å²) in [7, 11) is 1.43. The highest BCUT2D eigenvalue weighted by Gasteiger charge is 2.22. The fraction of sp³-hybridized carbons (Fsp3) is 0.222. The summed E-state index contributed by atoms with van der Waals surface area (Å²) >= 11 is 3.32. The van der Waals surface area contributed by atoms with Gasteiger partial charge in [-0.15, -0.1) is 0 Å². The van der Waals surface area contributed by atoms with E-state index in [2.05, 4.69) is 21.2 Å². The van der Waals surface area contributed by atoms with Crippen molar-refractivity contribution in [3.63, 3.8) is 0 Å². The van der Waals surface area contributed by atoms with Gasteiger partial charge in [-0.25, -0.2) is 0 Å². The second-order valence-electron chi connectivity index (χ2n) is 5.18. The maximum Gasteiger partial charge on any atom is 0.167 e. The van der Waals surface area contributed by atoms with Gasteiger partial charge in [-0.2, -0.15) is 5.26 Å². The van der Waals surface area contributed by atoms with Crippen molar-refractivity contribution in [3.05, 3.63) is 52.0 Å². The molecule has 2 rings (SSSR count). The predicted octanol–water partition coefficient (Wildman–Crippen LogP) is 1.60. The summed E-state index contributed by atoms with van der Waals surface area (Å²) in [6.45, 7) is -0.265. The van der Waals surface area contributed by atoms with Gasteiger partial charge >= 0.3 is 0 Å². The van der Waals surface area contributed by atoms with Gasteiger partial charge in [0.15, 0.2) is 11.5 Å². The molecule has 0 aliphatic carbocycles. The lowest BCUT2D eigenvalue weighted by Gasteiger charge is -2.25. The number of rotatable bonds is 8. The van der Waals surface area contributed by atoms with Crippen LogP contribution in [0, 0.1) is 11.3 Å². The van der Waals surface area contributed by atoms with Gasteiger partial charge in [-0.3, -0.25) is 0 Å². The van der Waals surface area contributed by atoms with Gasteiger partial charge in [0.05, 0.1) is 37.4 Å². The SMILES string of the molecule is COc1cc(Br)cc(C(Nc2ccc(C#N)cc2)C(=O)[O-])c1OCCO. The van der Waals surface area contributed by atoms with E-state index in [0.29, 0.717) is 21.5 Å². The number of halogens is 1. The third kappa shape index (κ3) is 4.65. The van der Waals surface area contributed by atoms with Crippen LogP contribution in [0.15, 0.2) is 40.9 Å². The Balaban J connectivity index is 2.46. The van der Waals surface area contributed by atoms with E-state index in [-0.39, 0.29) is 24.5 Å². The van der Waals surface area contributed by atoms with Crippen molar-refractivity contribution < 1.29 is 24.5 Å². The summed E-state index contributed by atoms with van der Waals surface area (Å²) in [5.74, 6) is -0.862. The summed E-state index contributed by atoms with van der Waals surface area (Å²) < 4.78 is 11.4. The number of benzene rings is 2. The van der Waals surface area contributed by atoms with E-state index >= 15 is 0 Å². The smallest absolute Gasteiger partial charge is 0.167 e. The molecule has 0 heterocycles. The number of anilines is 1. The minimum absolute atomic E-state index is 0.0262. The molecule has 0 radical (unpaired) electrons. The molecule has 2 N–H and O–H groups in total. The first-order valence-corrected chi connectivity index (χ1v) is 8.38. The van der Waals surface area contributed by atoms with Crippen molar-refractivity contribution >= 4 is 27.6 Å². The molecule has 0 aliphatic rings. The number of aliphatic hydroxyl groups is 1. The number of aliphatic hydroxyl groups excluding tert-OH is 1. The lowest BCUT2D eigenvalue weighted by molar-refractivity contribution is -0.307. The molecular weight excluding hydrogens is 404 g/mol. The van der Waals surface area contributed by atoms with Crippen molar-refractivity contribution in [2.45, 2.75) is 6.04 Å². The van der Waals surface area contributed by atoms with Crippen molar-refractivity contribution in [1.29, 1.82) is 5.26 Å². The van der Waals surface area contributed by atoms with Gasteiger partial charge in [0.1, 0.15) is 6.61 Å². The number of nitrogens with zero attached hydrogens (tertiary/aromatic N) is 1. The zero-order valence-corrected chi connectivity index (χ0v) is 15.4. The van der Waals surface area contributed by atoms with Crippen LogP contribution in [0.1, 0.15) is 17.2 Å². The van der Waals surface area contributed by atoms with Gasteiger partial charge in [0.25, 0.3) is 0 Å².